The summed E-state index contributed by atoms with van der Waals surface area (Å²) in [5, 5.41) is 18.9. The zero-order valence-corrected chi connectivity index (χ0v) is 18.7. The summed E-state index contributed by atoms with van der Waals surface area (Å²) < 4.78 is 0. The SMILES string of the molecule is CCCCCCCCCCCCC(CCCCC)(C(=O)O)C(=O)O.[Ca+2].[H-].[H-]. The molecule has 0 aliphatic carbocycles. The van der Waals surface area contributed by atoms with E-state index < -0.39 is 17.4 Å². The molecule has 25 heavy (non-hydrogen) atoms. The van der Waals surface area contributed by atoms with Gasteiger partial charge in [0.1, 0.15) is 0 Å². The molecule has 0 unspecified atom stereocenters. The van der Waals surface area contributed by atoms with Crippen molar-refractivity contribution in [1.29, 1.82) is 0 Å². The molecule has 0 aromatic heterocycles. The fourth-order valence-corrected chi connectivity index (χ4v) is 3.24. The first-order valence-electron chi connectivity index (χ1n) is 9.98. The van der Waals surface area contributed by atoms with Crippen molar-refractivity contribution in [3.8, 4) is 0 Å². The minimum atomic E-state index is -1.57. The van der Waals surface area contributed by atoms with E-state index in [1.807, 2.05) is 6.92 Å². The van der Waals surface area contributed by atoms with Crippen molar-refractivity contribution in [3.05, 3.63) is 0 Å². The normalized spacial score (nSPS) is 11.1. The van der Waals surface area contributed by atoms with E-state index in [-0.39, 0.29) is 53.4 Å². The first kappa shape index (κ1) is 27.4. The molecule has 2 N–H and O–H groups in total. The van der Waals surface area contributed by atoms with Crippen LogP contribution in [0.15, 0.2) is 0 Å². The predicted octanol–water partition coefficient (Wildman–Crippen LogP) is 5.88. The largest absolute Gasteiger partial charge is 2.00 e. The molecule has 146 valence electrons. The molecule has 0 saturated heterocycles. The Hall–Kier alpha value is 0.200. The van der Waals surface area contributed by atoms with Gasteiger partial charge < -0.3 is 13.1 Å². The number of carboxylic acid groups (broad SMARTS) is 2. The second kappa shape index (κ2) is 17.6. The first-order chi connectivity index (χ1) is 11.5. The van der Waals surface area contributed by atoms with Gasteiger partial charge in [0.2, 0.25) is 0 Å². The molecule has 0 aromatic rings. The van der Waals surface area contributed by atoms with Crippen molar-refractivity contribution in [2.24, 2.45) is 5.41 Å². The molecule has 0 atom stereocenters. The van der Waals surface area contributed by atoms with Crippen LogP contribution in [0.25, 0.3) is 0 Å². The van der Waals surface area contributed by atoms with Crippen LogP contribution in [0.2, 0.25) is 0 Å². The average molecular weight is 385 g/mol. The fourth-order valence-electron chi connectivity index (χ4n) is 3.24. The Kier molecular flexibility index (Phi) is 19.3. The van der Waals surface area contributed by atoms with E-state index in [0.717, 1.165) is 25.7 Å². The minimum absolute atomic E-state index is 0. The maximum absolute atomic E-state index is 11.6. The Morgan fingerprint density at radius 3 is 1.28 bits per heavy atom. The van der Waals surface area contributed by atoms with Crippen LogP contribution in [-0.4, -0.2) is 59.9 Å². The fraction of sp³-hybridized carbons (Fsp3) is 0.900. The van der Waals surface area contributed by atoms with Gasteiger partial charge in [-0.05, 0) is 12.8 Å². The van der Waals surface area contributed by atoms with E-state index in [9.17, 15) is 19.8 Å². The van der Waals surface area contributed by atoms with E-state index in [2.05, 4.69) is 6.92 Å². The smallest absolute Gasteiger partial charge is 1.00 e. The average Bonchev–Trinajstić information content (AvgIpc) is 2.54. The molecule has 0 rings (SSSR count). The summed E-state index contributed by atoms with van der Waals surface area (Å²) in [4.78, 5) is 23.1. The summed E-state index contributed by atoms with van der Waals surface area (Å²) in [7, 11) is 0. The number of unbranched alkanes of at least 4 members (excludes halogenated alkanes) is 11. The third-order valence-electron chi connectivity index (χ3n) is 4.98. The van der Waals surface area contributed by atoms with Crippen LogP contribution < -0.4 is 0 Å². The van der Waals surface area contributed by atoms with Crippen molar-refractivity contribution < 1.29 is 22.7 Å². The Labute approximate surface area is 187 Å². The van der Waals surface area contributed by atoms with Gasteiger partial charge in [-0.25, -0.2) is 0 Å². The van der Waals surface area contributed by atoms with E-state index >= 15 is 0 Å². The zero-order chi connectivity index (χ0) is 18.3. The Bertz CT molecular complexity index is 341. The molecule has 0 aromatic carbocycles. The van der Waals surface area contributed by atoms with Crippen LogP contribution in [0.1, 0.15) is 113 Å². The monoisotopic (exact) mass is 384 g/mol. The molecule has 4 nitrogen and oxygen atoms in total. The van der Waals surface area contributed by atoms with Gasteiger partial charge in [-0.2, -0.15) is 0 Å². The first-order valence-corrected chi connectivity index (χ1v) is 9.98. The molecule has 0 radical (unpaired) electrons. The van der Waals surface area contributed by atoms with Gasteiger partial charge in [-0.15, -0.1) is 0 Å². The van der Waals surface area contributed by atoms with Crippen LogP contribution >= 0.6 is 0 Å². The van der Waals surface area contributed by atoms with E-state index in [4.69, 9.17) is 0 Å². The Morgan fingerprint density at radius 1 is 0.640 bits per heavy atom. The molecule has 0 saturated carbocycles. The van der Waals surface area contributed by atoms with Gasteiger partial charge in [-0.1, -0.05) is 97.3 Å². The summed E-state index contributed by atoms with van der Waals surface area (Å²) in [5.74, 6) is -2.33. The number of rotatable bonds is 17. The zero-order valence-electron chi connectivity index (χ0n) is 18.5. The number of carboxylic acids is 2. The molecule has 5 heteroatoms. The van der Waals surface area contributed by atoms with Crippen molar-refractivity contribution >= 4 is 49.7 Å². The number of hydrogen-bond donors (Lipinski definition) is 2. The number of aliphatic carboxylic acids is 2. The van der Waals surface area contributed by atoms with E-state index in [1.165, 1.54) is 44.9 Å². The summed E-state index contributed by atoms with van der Waals surface area (Å²) in [6.45, 7) is 4.25. The van der Waals surface area contributed by atoms with Crippen molar-refractivity contribution in [3.63, 3.8) is 0 Å². The van der Waals surface area contributed by atoms with E-state index in [1.54, 1.807) is 0 Å². The maximum Gasteiger partial charge on any atom is 2.00 e. The maximum atomic E-state index is 11.6. The van der Waals surface area contributed by atoms with Crippen LogP contribution in [0, 0.1) is 5.41 Å². The van der Waals surface area contributed by atoms with Gasteiger partial charge in [0, 0.05) is 0 Å². The third kappa shape index (κ3) is 12.3. The second-order valence-electron chi connectivity index (χ2n) is 7.08. The minimum Gasteiger partial charge on any atom is -1.00 e. The van der Waals surface area contributed by atoms with Crippen LogP contribution in [-0.2, 0) is 9.59 Å². The van der Waals surface area contributed by atoms with Gasteiger partial charge in [0.15, 0.2) is 5.41 Å². The molecular formula is C20H40CaO4. The molecule has 0 aliphatic heterocycles. The number of carbonyl (C=O) groups is 2. The van der Waals surface area contributed by atoms with Gasteiger partial charge >= 0.3 is 49.7 Å². The van der Waals surface area contributed by atoms with Gasteiger partial charge in [0.05, 0.1) is 0 Å². The van der Waals surface area contributed by atoms with Crippen LogP contribution in [0.5, 0.6) is 0 Å². The summed E-state index contributed by atoms with van der Waals surface area (Å²) >= 11 is 0. The standard InChI is InChI=1S/C20H38O4.Ca.2H/c1-3-5-7-8-9-10-11-12-13-15-17-20(18(21)22,19(23)24)16-14-6-4-2;;;/h3-17H2,1-2H3,(H,21,22)(H,23,24);;;/q;+2;2*-1. The summed E-state index contributed by atoms with van der Waals surface area (Å²) in [6, 6.07) is 0. The Morgan fingerprint density at radius 2 is 0.920 bits per heavy atom. The van der Waals surface area contributed by atoms with Crippen LogP contribution in [0.3, 0.4) is 0 Å². The number of hydrogen-bond acceptors (Lipinski definition) is 2. The van der Waals surface area contributed by atoms with Crippen molar-refractivity contribution in [2.75, 3.05) is 0 Å². The Balaban J connectivity index is -0.000000882. The van der Waals surface area contributed by atoms with E-state index in [0.29, 0.717) is 12.8 Å². The second-order valence-corrected chi connectivity index (χ2v) is 7.08. The van der Waals surface area contributed by atoms with Crippen molar-refractivity contribution in [1.82, 2.24) is 0 Å². The summed E-state index contributed by atoms with van der Waals surface area (Å²) in [5.41, 5.74) is -1.57. The molecule has 0 amide bonds. The third-order valence-corrected chi connectivity index (χ3v) is 4.98. The summed E-state index contributed by atoms with van der Waals surface area (Å²) in [6.07, 6.45) is 14.7. The molecule has 0 fully saturated rings. The predicted molar refractivity (Wildman–Crippen MR) is 106 cm³/mol. The molecule has 0 spiro atoms. The van der Waals surface area contributed by atoms with Gasteiger partial charge in [0.25, 0.3) is 0 Å². The quantitative estimate of drug-likeness (QED) is 0.187. The molecular weight excluding hydrogens is 344 g/mol. The van der Waals surface area contributed by atoms with Crippen molar-refractivity contribution in [2.45, 2.75) is 110 Å². The molecule has 0 bridgehead atoms. The van der Waals surface area contributed by atoms with Gasteiger partial charge in [-0.3, -0.25) is 9.59 Å². The molecule has 0 heterocycles. The topological polar surface area (TPSA) is 74.6 Å². The molecule has 0 aliphatic rings. The van der Waals surface area contributed by atoms with Crippen LogP contribution in [0.4, 0.5) is 0 Å².